The SMILES string of the molecule is NC(=O)NOC(=O)C(O)C(O)C(=O)ONC(N)=O. The summed E-state index contributed by atoms with van der Waals surface area (Å²) < 4.78 is 0. The Morgan fingerprint density at radius 3 is 1.33 bits per heavy atom. The van der Waals surface area contributed by atoms with E-state index in [4.69, 9.17) is 10.2 Å². The van der Waals surface area contributed by atoms with Crippen molar-refractivity contribution in [3.63, 3.8) is 0 Å². The fourth-order valence-electron chi connectivity index (χ4n) is 0.580. The summed E-state index contributed by atoms with van der Waals surface area (Å²) in [5.41, 5.74) is 11.8. The van der Waals surface area contributed by atoms with Crippen molar-refractivity contribution in [2.45, 2.75) is 12.2 Å². The van der Waals surface area contributed by atoms with Crippen LogP contribution in [-0.4, -0.2) is 46.4 Å². The van der Waals surface area contributed by atoms with Crippen molar-refractivity contribution >= 4 is 24.0 Å². The maximum Gasteiger partial charge on any atom is 0.363 e. The van der Waals surface area contributed by atoms with Crippen molar-refractivity contribution < 1.29 is 39.1 Å². The first-order valence-corrected chi connectivity index (χ1v) is 4.14. The van der Waals surface area contributed by atoms with Crippen molar-refractivity contribution in [1.29, 1.82) is 0 Å². The zero-order valence-corrected chi connectivity index (χ0v) is 8.65. The summed E-state index contributed by atoms with van der Waals surface area (Å²) in [6.45, 7) is 0. The molecule has 0 saturated heterocycles. The number of carbonyl (C=O) groups is 4. The lowest BCUT2D eigenvalue weighted by atomic mass is 10.2. The molecule has 0 fully saturated rings. The van der Waals surface area contributed by atoms with E-state index in [0.717, 1.165) is 0 Å². The molecule has 0 radical (unpaired) electrons. The number of amides is 4. The highest BCUT2D eigenvalue weighted by molar-refractivity contribution is 5.86. The van der Waals surface area contributed by atoms with Gasteiger partial charge in [-0.1, -0.05) is 0 Å². The monoisotopic (exact) mass is 266 g/mol. The zero-order valence-electron chi connectivity index (χ0n) is 8.65. The standard InChI is InChI=1S/C6H10N4O8/c7-5(15)9-17-3(13)1(11)2(12)4(14)18-10-6(8)16/h1-2,11-12H,(H3,7,9,15)(H3,8,10,16). The first-order valence-electron chi connectivity index (χ1n) is 4.14. The second-order valence-corrected chi connectivity index (χ2v) is 2.66. The van der Waals surface area contributed by atoms with E-state index in [-0.39, 0.29) is 0 Å². The number of aliphatic hydroxyl groups is 2. The Morgan fingerprint density at radius 1 is 0.833 bits per heavy atom. The van der Waals surface area contributed by atoms with Gasteiger partial charge in [-0.25, -0.2) is 19.2 Å². The minimum Gasteiger partial charge on any atom is -0.379 e. The first-order chi connectivity index (χ1) is 8.25. The van der Waals surface area contributed by atoms with Crippen LogP contribution in [0, 0.1) is 0 Å². The fraction of sp³-hybridized carbons (Fsp3) is 0.333. The van der Waals surface area contributed by atoms with Gasteiger partial charge in [-0.05, 0) is 0 Å². The van der Waals surface area contributed by atoms with Crippen molar-refractivity contribution in [2.24, 2.45) is 11.5 Å². The number of nitrogens with one attached hydrogen (secondary N) is 2. The van der Waals surface area contributed by atoms with Gasteiger partial charge >= 0.3 is 24.0 Å². The molecule has 12 nitrogen and oxygen atoms in total. The first kappa shape index (κ1) is 15.4. The van der Waals surface area contributed by atoms with Crippen LogP contribution in [0.5, 0.6) is 0 Å². The fourth-order valence-corrected chi connectivity index (χ4v) is 0.580. The smallest absolute Gasteiger partial charge is 0.363 e. The Morgan fingerprint density at radius 2 is 1.11 bits per heavy atom. The molecule has 0 spiro atoms. The molecule has 0 heterocycles. The minimum absolute atomic E-state index is 1.25. The van der Waals surface area contributed by atoms with E-state index in [9.17, 15) is 19.2 Å². The van der Waals surface area contributed by atoms with Gasteiger partial charge in [0.25, 0.3) is 0 Å². The second-order valence-electron chi connectivity index (χ2n) is 2.66. The molecule has 4 amide bonds. The molecular formula is C6H10N4O8. The van der Waals surface area contributed by atoms with Crippen molar-refractivity contribution in [3.05, 3.63) is 0 Å². The molecule has 0 aliphatic heterocycles. The largest absolute Gasteiger partial charge is 0.379 e. The lowest BCUT2D eigenvalue weighted by Crippen LogP contribution is -2.46. The van der Waals surface area contributed by atoms with Crippen LogP contribution in [0.15, 0.2) is 0 Å². The van der Waals surface area contributed by atoms with E-state index < -0.39 is 36.2 Å². The van der Waals surface area contributed by atoms with Crippen molar-refractivity contribution in [2.75, 3.05) is 0 Å². The third kappa shape index (κ3) is 5.47. The Kier molecular flexibility index (Phi) is 5.88. The zero-order chi connectivity index (χ0) is 14.3. The third-order valence-electron chi connectivity index (χ3n) is 1.29. The molecule has 0 aromatic rings. The van der Waals surface area contributed by atoms with E-state index in [1.54, 1.807) is 0 Å². The van der Waals surface area contributed by atoms with Crippen molar-refractivity contribution in [3.8, 4) is 0 Å². The average Bonchev–Trinajstić information content (AvgIpc) is 2.30. The number of hydrogen-bond acceptors (Lipinski definition) is 8. The molecule has 0 bridgehead atoms. The van der Waals surface area contributed by atoms with E-state index >= 15 is 0 Å². The van der Waals surface area contributed by atoms with Gasteiger partial charge in [-0.15, -0.1) is 0 Å². The van der Waals surface area contributed by atoms with Crippen LogP contribution in [0.1, 0.15) is 0 Å². The van der Waals surface area contributed by atoms with E-state index in [1.807, 2.05) is 0 Å². The third-order valence-corrected chi connectivity index (χ3v) is 1.29. The lowest BCUT2D eigenvalue weighted by Gasteiger charge is -2.14. The van der Waals surface area contributed by atoms with Crippen LogP contribution in [0.3, 0.4) is 0 Å². The molecule has 0 aromatic carbocycles. The Hall–Kier alpha value is -2.60. The van der Waals surface area contributed by atoms with Gasteiger partial charge in [-0.3, -0.25) is 0 Å². The second kappa shape index (κ2) is 6.87. The van der Waals surface area contributed by atoms with Gasteiger partial charge in [0.15, 0.2) is 12.2 Å². The number of urea groups is 2. The topological polar surface area (TPSA) is 203 Å². The quantitative estimate of drug-likeness (QED) is 0.277. The van der Waals surface area contributed by atoms with Crippen LogP contribution < -0.4 is 22.4 Å². The molecule has 2 unspecified atom stereocenters. The van der Waals surface area contributed by atoms with E-state index in [2.05, 4.69) is 21.1 Å². The molecule has 0 rings (SSSR count). The highest BCUT2D eigenvalue weighted by atomic mass is 16.7. The summed E-state index contributed by atoms with van der Waals surface area (Å²) in [5, 5.41) is 18.1. The van der Waals surface area contributed by atoms with Crippen LogP contribution in [0.2, 0.25) is 0 Å². The van der Waals surface area contributed by atoms with Crippen LogP contribution >= 0.6 is 0 Å². The highest BCUT2D eigenvalue weighted by Crippen LogP contribution is 1.98. The molecule has 12 heteroatoms. The van der Waals surface area contributed by atoms with Crippen molar-refractivity contribution in [1.82, 2.24) is 11.0 Å². The predicted molar refractivity (Wildman–Crippen MR) is 49.6 cm³/mol. The average molecular weight is 266 g/mol. The summed E-state index contributed by atoms with van der Waals surface area (Å²) in [6, 6.07) is -2.49. The minimum atomic E-state index is -2.38. The number of rotatable bonds is 3. The Labute approximate surface area is 98.7 Å². The predicted octanol–water partition coefficient (Wildman–Crippen LogP) is -4.04. The number of aliphatic hydroxyl groups excluding tert-OH is 2. The Balaban J connectivity index is 4.26. The highest BCUT2D eigenvalue weighted by Gasteiger charge is 2.34. The van der Waals surface area contributed by atoms with Gasteiger partial charge in [0.1, 0.15) is 0 Å². The van der Waals surface area contributed by atoms with Crippen LogP contribution in [0.25, 0.3) is 0 Å². The normalized spacial score (nSPS) is 12.8. The summed E-state index contributed by atoms with van der Waals surface area (Å²) in [5.74, 6) is -3.17. The Bertz CT molecular complexity index is 323. The van der Waals surface area contributed by atoms with Crippen LogP contribution in [-0.2, 0) is 19.3 Å². The van der Waals surface area contributed by atoms with E-state index in [0.29, 0.717) is 0 Å². The molecule has 0 aliphatic carbocycles. The molecular weight excluding hydrogens is 256 g/mol. The summed E-state index contributed by atoms with van der Waals surface area (Å²) in [4.78, 5) is 49.8. The summed E-state index contributed by atoms with van der Waals surface area (Å²) in [6.07, 6.45) is -4.75. The number of carbonyl (C=O) groups excluding carboxylic acids is 4. The number of hydroxylamine groups is 2. The molecule has 0 aromatic heterocycles. The van der Waals surface area contributed by atoms with Gasteiger partial charge in [0.05, 0.1) is 0 Å². The maximum atomic E-state index is 10.9. The summed E-state index contributed by atoms with van der Waals surface area (Å²) in [7, 11) is 0. The van der Waals surface area contributed by atoms with E-state index in [1.165, 1.54) is 11.0 Å². The van der Waals surface area contributed by atoms with Gasteiger partial charge in [-0.2, -0.15) is 11.0 Å². The lowest BCUT2D eigenvalue weighted by molar-refractivity contribution is -0.178. The maximum absolute atomic E-state index is 10.9. The van der Waals surface area contributed by atoms with Gasteiger partial charge < -0.3 is 31.4 Å². The van der Waals surface area contributed by atoms with Gasteiger partial charge in [0, 0.05) is 0 Å². The molecule has 18 heavy (non-hydrogen) atoms. The summed E-state index contributed by atoms with van der Waals surface area (Å²) >= 11 is 0. The number of nitrogens with two attached hydrogens (primary N) is 2. The van der Waals surface area contributed by atoms with Gasteiger partial charge in [0.2, 0.25) is 0 Å². The number of primary amides is 2. The molecule has 102 valence electrons. The van der Waals surface area contributed by atoms with Crippen LogP contribution in [0.4, 0.5) is 9.59 Å². The number of hydrogen-bond donors (Lipinski definition) is 6. The molecule has 2 atom stereocenters. The molecule has 0 saturated carbocycles. The molecule has 8 N–H and O–H groups in total. The molecule has 0 aliphatic rings.